The van der Waals surface area contributed by atoms with E-state index in [1.54, 1.807) is 6.92 Å². The summed E-state index contributed by atoms with van der Waals surface area (Å²) in [5.74, 6) is 1.04. The molecule has 0 spiro atoms. The van der Waals surface area contributed by atoms with Gasteiger partial charge in [-0.1, -0.05) is 66.7 Å². The Morgan fingerprint density at radius 3 is 1.92 bits per heavy atom. The van der Waals surface area contributed by atoms with Crippen LogP contribution in [-0.4, -0.2) is 5.78 Å². The first-order valence-corrected chi connectivity index (χ1v) is 8.06. The molecule has 0 bridgehead atoms. The highest BCUT2D eigenvalue weighted by Gasteiger charge is 2.02. The molecule has 0 N–H and O–H groups in total. The minimum Gasteiger partial charge on any atom is -0.489 e. The number of ether oxygens (including phenoxy) is 1. The Bertz CT molecular complexity index is 788. The van der Waals surface area contributed by atoms with Gasteiger partial charge < -0.3 is 4.74 Å². The molecule has 3 rings (SSSR count). The topological polar surface area (TPSA) is 26.3 Å². The molecule has 0 aliphatic carbocycles. The van der Waals surface area contributed by atoms with Crippen LogP contribution >= 0.6 is 0 Å². The van der Waals surface area contributed by atoms with Crippen molar-refractivity contribution in [1.29, 1.82) is 0 Å². The van der Waals surface area contributed by atoms with Gasteiger partial charge in [-0.25, -0.2) is 0 Å². The summed E-state index contributed by atoms with van der Waals surface area (Å²) in [7, 11) is 0. The quantitative estimate of drug-likeness (QED) is 0.635. The maximum absolute atomic E-state index is 11.2. The third-order valence-electron chi connectivity index (χ3n) is 3.84. The second-order valence-corrected chi connectivity index (χ2v) is 5.87. The van der Waals surface area contributed by atoms with Crippen molar-refractivity contribution in [2.75, 3.05) is 0 Å². The van der Waals surface area contributed by atoms with E-state index in [0.29, 0.717) is 13.0 Å². The Kier molecular flexibility index (Phi) is 5.07. The average molecular weight is 316 g/mol. The molecule has 0 saturated carbocycles. The number of carbonyl (C=O) groups excluding carboxylic acids is 1. The molecule has 3 aromatic carbocycles. The fourth-order valence-corrected chi connectivity index (χ4v) is 2.59. The lowest BCUT2D eigenvalue weighted by Crippen LogP contribution is -1.96. The average Bonchev–Trinajstić information content (AvgIpc) is 2.62. The summed E-state index contributed by atoms with van der Waals surface area (Å²) in [6.07, 6.45) is 0.493. The zero-order valence-electron chi connectivity index (χ0n) is 13.7. The van der Waals surface area contributed by atoms with Gasteiger partial charge in [0, 0.05) is 6.42 Å². The molecule has 0 heterocycles. The number of ketones is 1. The molecule has 0 aliphatic rings. The summed E-state index contributed by atoms with van der Waals surface area (Å²) < 4.78 is 5.81. The van der Waals surface area contributed by atoms with Crippen LogP contribution in [0, 0.1) is 0 Å². The molecule has 0 atom stereocenters. The van der Waals surface area contributed by atoms with Crippen molar-refractivity contribution < 1.29 is 9.53 Å². The molecule has 0 aromatic heterocycles. The summed E-state index contributed by atoms with van der Waals surface area (Å²) in [5.41, 5.74) is 4.48. The smallest absolute Gasteiger partial charge is 0.134 e. The minimum absolute atomic E-state index is 0.183. The highest BCUT2D eigenvalue weighted by Crippen LogP contribution is 2.23. The van der Waals surface area contributed by atoms with E-state index in [4.69, 9.17) is 4.74 Å². The van der Waals surface area contributed by atoms with Crippen LogP contribution < -0.4 is 4.74 Å². The van der Waals surface area contributed by atoms with Crippen molar-refractivity contribution in [3.63, 3.8) is 0 Å². The first-order valence-electron chi connectivity index (χ1n) is 8.06. The van der Waals surface area contributed by atoms with E-state index in [9.17, 15) is 4.79 Å². The lowest BCUT2D eigenvalue weighted by atomic mass is 10.0. The van der Waals surface area contributed by atoms with Crippen molar-refractivity contribution in [2.45, 2.75) is 20.0 Å². The molecule has 0 aliphatic heterocycles. The van der Waals surface area contributed by atoms with Crippen LogP contribution in [0.25, 0.3) is 11.1 Å². The van der Waals surface area contributed by atoms with Crippen LogP contribution in [0.4, 0.5) is 0 Å². The minimum atomic E-state index is 0.183. The second-order valence-electron chi connectivity index (χ2n) is 5.87. The van der Waals surface area contributed by atoms with Gasteiger partial charge >= 0.3 is 0 Å². The van der Waals surface area contributed by atoms with Crippen LogP contribution in [0.5, 0.6) is 5.75 Å². The molecule has 0 unspecified atom stereocenters. The number of Topliss-reactive ketones (excluding diaryl/α,β-unsaturated/α-hetero) is 1. The Hall–Kier alpha value is -2.87. The van der Waals surface area contributed by atoms with Crippen molar-refractivity contribution in [3.8, 4) is 16.9 Å². The molecular formula is C22H20O2. The van der Waals surface area contributed by atoms with E-state index in [0.717, 1.165) is 28.0 Å². The number of hydrogen-bond acceptors (Lipinski definition) is 2. The van der Waals surface area contributed by atoms with Gasteiger partial charge in [0.25, 0.3) is 0 Å². The van der Waals surface area contributed by atoms with Crippen molar-refractivity contribution in [3.05, 3.63) is 90.0 Å². The van der Waals surface area contributed by atoms with Crippen molar-refractivity contribution in [2.24, 2.45) is 0 Å². The molecule has 0 fully saturated rings. The van der Waals surface area contributed by atoms with Crippen molar-refractivity contribution >= 4 is 5.78 Å². The zero-order chi connectivity index (χ0) is 16.8. The van der Waals surface area contributed by atoms with Crippen LogP contribution in [0.2, 0.25) is 0 Å². The molecular weight excluding hydrogens is 296 g/mol. The largest absolute Gasteiger partial charge is 0.489 e. The van der Waals surface area contributed by atoms with Crippen LogP contribution in [-0.2, 0) is 17.8 Å². The predicted octanol–water partition coefficient (Wildman–Crippen LogP) is 5.06. The lowest BCUT2D eigenvalue weighted by molar-refractivity contribution is -0.116. The maximum atomic E-state index is 11.2. The van der Waals surface area contributed by atoms with Crippen LogP contribution in [0.1, 0.15) is 18.1 Å². The third-order valence-corrected chi connectivity index (χ3v) is 3.84. The summed E-state index contributed by atoms with van der Waals surface area (Å²) >= 11 is 0. The van der Waals surface area contributed by atoms with E-state index in [2.05, 4.69) is 36.4 Å². The Balaban J connectivity index is 1.64. The second kappa shape index (κ2) is 7.60. The van der Waals surface area contributed by atoms with Crippen molar-refractivity contribution in [1.82, 2.24) is 0 Å². The maximum Gasteiger partial charge on any atom is 0.134 e. The standard InChI is InChI=1S/C22H20O2/c1-17(23)15-18-7-9-20(10-8-18)21-11-13-22(14-12-21)24-16-19-5-3-2-4-6-19/h2-14H,15-16H2,1H3. The van der Waals surface area contributed by atoms with Gasteiger partial charge in [-0.15, -0.1) is 0 Å². The van der Waals surface area contributed by atoms with Gasteiger partial charge in [-0.05, 0) is 41.3 Å². The number of carbonyl (C=O) groups is 1. The van der Waals surface area contributed by atoms with Gasteiger partial charge in [0.1, 0.15) is 18.1 Å². The fraction of sp³-hybridized carbons (Fsp3) is 0.136. The monoisotopic (exact) mass is 316 g/mol. The highest BCUT2D eigenvalue weighted by atomic mass is 16.5. The molecule has 2 nitrogen and oxygen atoms in total. The van der Waals surface area contributed by atoms with Crippen LogP contribution in [0.15, 0.2) is 78.9 Å². The van der Waals surface area contributed by atoms with Gasteiger partial charge in [-0.3, -0.25) is 4.79 Å². The van der Waals surface area contributed by atoms with Gasteiger partial charge in [-0.2, -0.15) is 0 Å². The number of benzene rings is 3. The predicted molar refractivity (Wildman–Crippen MR) is 97.0 cm³/mol. The summed E-state index contributed by atoms with van der Waals surface area (Å²) in [4.78, 5) is 11.2. The highest BCUT2D eigenvalue weighted by molar-refractivity contribution is 5.78. The lowest BCUT2D eigenvalue weighted by Gasteiger charge is -2.08. The van der Waals surface area contributed by atoms with E-state index in [1.165, 1.54) is 0 Å². The molecule has 24 heavy (non-hydrogen) atoms. The first-order chi connectivity index (χ1) is 11.7. The summed E-state index contributed by atoms with van der Waals surface area (Å²) in [6.45, 7) is 2.18. The molecule has 0 radical (unpaired) electrons. The fourth-order valence-electron chi connectivity index (χ4n) is 2.59. The number of rotatable bonds is 6. The van der Waals surface area contributed by atoms with E-state index in [1.807, 2.05) is 42.5 Å². The Morgan fingerprint density at radius 2 is 1.33 bits per heavy atom. The summed E-state index contributed by atoms with van der Waals surface area (Å²) in [5, 5.41) is 0. The van der Waals surface area contributed by atoms with E-state index in [-0.39, 0.29) is 5.78 Å². The van der Waals surface area contributed by atoms with E-state index < -0.39 is 0 Å². The van der Waals surface area contributed by atoms with Gasteiger partial charge in [0.15, 0.2) is 0 Å². The van der Waals surface area contributed by atoms with E-state index >= 15 is 0 Å². The van der Waals surface area contributed by atoms with Gasteiger partial charge in [0.05, 0.1) is 0 Å². The summed E-state index contributed by atoms with van der Waals surface area (Å²) in [6, 6.07) is 26.3. The molecule has 3 aromatic rings. The Labute approximate surface area is 142 Å². The molecule has 0 amide bonds. The molecule has 120 valence electrons. The Morgan fingerprint density at radius 1 is 0.750 bits per heavy atom. The first kappa shape index (κ1) is 16.0. The van der Waals surface area contributed by atoms with Gasteiger partial charge in [0.2, 0.25) is 0 Å². The zero-order valence-corrected chi connectivity index (χ0v) is 13.7. The normalized spacial score (nSPS) is 10.4. The molecule has 2 heteroatoms. The molecule has 0 saturated heterocycles. The third kappa shape index (κ3) is 4.32. The SMILES string of the molecule is CC(=O)Cc1ccc(-c2ccc(OCc3ccccc3)cc2)cc1. The van der Waals surface area contributed by atoms with Crippen LogP contribution in [0.3, 0.4) is 0 Å². The number of hydrogen-bond donors (Lipinski definition) is 0.